The fraction of sp³-hybridized carbons (Fsp3) is 0.778. The van der Waals surface area contributed by atoms with Crippen LogP contribution in [0, 0.1) is 6.92 Å². The lowest BCUT2D eigenvalue weighted by molar-refractivity contribution is 0.327. The topological polar surface area (TPSA) is 42.7 Å². The van der Waals surface area contributed by atoms with E-state index in [-0.39, 0.29) is 0 Å². The van der Waals surface area contributed by atoms with Crippen molar-refractivity contribution in [2.75, 3.05) is 13.1 Å². The summed E-state index contributed by atoms with van der Waals surface area (Å²) in [5.74, 6) is 2.61. The van der Waals surface area contributed by atoms with Gasteiger partial charge in [-0.05, 0) is 6.92 Å². The van der Waals surface area contributed by atoms with Gasteiger partial charge in [0.1, 0.15) is 11.6 Å². The predicted molar refractivity (Wildman–Crippen MR) is 50.8 cm³/mol. The van der Waals surface area contributed by atoms with Crippen molar-refractivity contribution < 1.29 is 0 Å². The quantitative estimate of drug-likeness (QED) is 0.734. The number of hydrogen-bond donors (Lipinski definition) is 1. The molecule has 1 aromatic rings. The first-order valence-corrected chi connectivity index (χ1v) is 4.82. The fourth-order valence-electron chi connectivity index (χ4n) is 1.69. The van der Waals surface area contributed by atoms with Crippen LogP contribution < -0.4 is 5.32 Å². The first-order valence-electron chi connectivity index (χ1n) is 4.82. The minimum absolute atomic E-state index is 0.460. The van der Waals surface area contributed by atoms with Gasteiger partial charge in [0.05, 0.1) is 6.04 Å². The zero-order valence-electron chi connectivity index (χ0n) is 8.41. The van der Waals surface area contributed by atoms with Crippen molar-refractivity contribution in [3.8, 4) is 0 Å². The predicted octanol–water partition coefficient (Wildman–Crippen LogP) is 0.854. The van der Waals surface area contributed by atoms with Gasteiger partial charge in [0.15, 0.2) is 0 Å². The van der Waals surface area contributed by atoms with E-state index in [4.69, 9.17) is 0 Å². The van der Waals surface area contributed by atoms with Gasteiger partial charge in [-0.1, -0.05) is 13.8 Å². The van der Waals surface area contributed by atoms with Gasteiger partial charge in [-0.25, -0.2) is 0 Å². The molecule has 1 N–H and O–H groups in total. The maximum absolute atomic E-state index is 4.20. The lowest BCUT2D eigenvalue weighted by atomic mass is 10.1. The van der Waals surface area contributed by atoms with Crippen LogP contribution in [0.15, 0.2) is 0 Å². The molecule has 0 amide bonds. The highest BCUT2D eigenvalue weighted by molar-refractivity contribution is 5.03. The zero-order valence-corrected chi connectivity index (χ0v) is 8.41. The zero-order chi connectivity index (χ0) is 9.42. The van der Waals surface area contributed by atoms with Crippen molar-refractivity contribution in [3.63, 3.8) is 0 Å². The van der Waals surface area contributed by atoms with Crippen LogP contribution in [0.3, 0.4) is 0 Å². The SMILES string of the molecule is Cc1nnc(C(C)C)n1C1CNC1. The second-order valence-electron chi connectivity index (χ2n) is 3.94. The van der Waals surface area contributed by atoms with E-state index in [0.717, 1.165) is 24.7 Å². The number of aromatic nitrogens is 3. The molecule has 4 nitrogen and oxygen atoms in total. The molecule has 1 aromatic heterocycles. The Morgan fingerprint density at radius 2 is 2.08 bits per heavy atom. The molecular weight excluding hydrogens is 164 g/mol. The Bertz CT molecular complexity index is 299. The van der Waals surface area contributed by atoms with E-state index in [1.165, 1.54) is 0 Å². The van der Waals surface area contributed by atoms with Gasteiger partial charge in [-0.3, -0.25) is 0 Å². The Kier molecular flexibility index (Phi) is 2.07. The molecule has 0 aliphatic carbocycles. The van der Waals surface area contributed by atoms with E-state index in [1.807, 2.05) is 6.92 Å². The molecule has 0 bridgehead atoms. The van der Waals surface area contributed by atoms with Gasteiger partial charge in [0.25, 0.3) is 0 Å². The standard InChI is InChI=1S/C9H16N4/c1-6(2)9-12-11-7(3)13(9)8-4-10-5-8/h6,8,10H,4-5H2,1-3H3. The van der Waals surface area contributed by atoms with Crippen molar-refractivity contribution >= 4 is 0 Å². The molecule has 0 atom stereocenters. The van der Waals surface area contributed by atoms with E-state index < -0.39 is 0 Å². The maximum Gasteiger partial charge on any atom is 0.135 e. The Morgan fingerprint density at radius 1 is 1.38 bits per heavy atom. The molecule has 1 aliphatic rings. The van der Waals surface area contributed by atoms with Crippen LogP contribution in [0.25, 0.3) is 0 Å². The van der Waals surface area contributed by atoms with Crippen LogP contribution in [-0.4, -0.2) is 27.9 Å². The van der Waals surface area contributed by atoms with Crippen LogP contribution in [0.4, 0.5) is 0 Å². The van der Waals surface area contributed by atoms with Gasteiger partial charge < -0.3 is 9.88 Å². The molecule has 2 heterocycles. The van der Waals surface area contributed by atoms with E-state index in [9.17, 15) is 0 Å². The van der Waals surface area contributed by atoms with Gasteiger partial charge in [0.2, 0.25) is 0 Å². The molecule has 1 fully saturated rings. The van der Waals surface area contributed by atoms with Gasteiger partial charge in [-0.15, -0.1) is 10.2 Å². The third kappa shape index (κ3) is 1.35. The number of rotatable bonds is 2. The minimum Gasteiger partial charge on any atom is -0.313 e. The Morgan fingerprint density at radius 3 is 2.54 bits per heavy atom. The van der Waals surface area contributed by atoms with E-state index in [0.29, 0.717) is 12.0 Å². The second kappa shape index (κ2) is 3.10. The first kappa shape index (κ1) is 8.69. The Labute approximate surface area is 78.4 Å². The van der Waals surface area contributed by atoms with Crippen molar-refractivity contribution in [2.45, 2.75) is 32.7 Å². The maximum atomic E-state index is 4.20. The lowest BCUT2D eigenvalue weighted by Crippen LogP contribution is -2.44. The molecule has 2 rings (SSSR count). The average molecular weight is 180 g/mol. The van der Waals surface area contributed by atoms with Crippen molar-refractivity contribution in [3.05, 3.63) is 11.6 Å². The summed E-state index contributed by atoms with van der Waals surface area (Å²) in [6, 6.07) is 0.576. The number of hydrogen-bond acceptors (Lipinski definition) is 3. The second-order valence-corrected chi connectivity index (χ2v) is 3.94. The molecule has 4 heteroatoms. The Balaban J connectivity index is 2.34. The normalized spacial score (nSPS) is 17.8. The van der Waals surface area contributed by atoms with E-state index in [2.05, 4.69) is 33.9 Å². The molecule has 1 saturated heterocycles. The number of aryl methyl sites for hydroxylation is 1. The first-order chi connectivity index (χ1) is 6.20. The molecular formula is C9H16N4. The molecule has 0 spiro atoms. The summed E-state index contributed by atoms with van der Waals surface area (Å²) >= 11 is 0. The third-order valence-corrected chi connectivity index (χ3v) is 2.53. The molecule has 72 valence electrons. The summed E-state index contributed by atoms with van der Waals surface area (Å²) in [5, 5.41) is 11.6. The monoisotopic (exact) mass is 180 g/mol. The highest BCUT2D eigenvalue weighted by Gasteiger charge is 2.24. The van der Waals surface area contributed by atoms with Gasteiger partial charge >= 0.3 is 0 Å². The molecule has 13 heavy (non-hydrogen) atoms. The summed E-state index contributed by atoms with van der Waals surface area (Å²) in [6.07, 6.45) is 0. The van der Waals surface area contributed by atoms with Crippen LogP contribution >= 0.6 is 0 Å². The van der Waals surface area contributed by atoms with Crippen molar-refractivity contribution in [1.82, 2.24) is 20.1 Å². The van der Waals surface area contributed by atoms with Crippen LogP contribution in [0.5, 0.6) is 0 Å². The van der Waals surface area contributed by atoms with Gasteiger partial charge in [-0.2, -0.15) is 0 Å². The third-order valence-electron chi connectivity index (χ3n) is 2.53. The van der Waals surface area contributed by atoms with Crippen LogP contribution in [-0.2, 0) is 0 Å². The van der Waals surface area contributed by atoms with E-state index in [1.54, 1.807) is 0 Å². The van der Waals surface area contributed by atoms with Crippen LogP contribution in [0.2, 0.25) is 0 Å². The molecule has 1 aliphatic heterocycles. The number of nitrogens with one attached hydrogen (secondary N) is 1. The summed E-state index contributed by atoms with van der Waals surface area (Å²) in [6.45, 7) is 8.45. The Hall–Kier alpha value is -0.900. The largest absolute Gasteiger partial charge is 0.313 e. The molecule has 0 radical (unpaired) electrons. The summed E-state index contributed by atoms with van der Waals surface area (Å²) < 4.78 is 2.27. The fourth-order valence-corrected chi connectivity index (χ4v) is 1.69. The molecule has 0 unspecified atom stereocenters. The number of nitrogens with zero attached hydrogens (tertiary/aromatic N) is 3. The molecule has 0 saturated carbocycles. The highest BCUT2D eigenvalue weighted by Crippen LogP contribution is 2.20. The summed E-state index contributed by atoms with van der Waals surface area (Å²) in [4.78, 5) is 0. The smallest absolute Gasteiger partial charge is 0.135 e. The van der Waals surface area contributed by atoms with Gasteiger partial charge in [0, 0.05) is 19.0 Å². The lowest BCUT2D eigenvalue weighted by Gasteiger charge is -2.30. The molecule has 0 aromatic carbocycles. The summed E-state index contributed by atoms with van der Waals surface area (Å²) in [7, 11) is 0. The van der Waals surface area contributed by atoms with E-state index >= 15 is 0 Å². The highest BCUT2D eigenvalue weighted by atomic mass is 15.3. The van der Waals surface area contributed by atoms with Crippen LogP contribution in [0.1, 0.15) is 37.5 Å². The average Bonchev–Trinajstić information content (AvgIpc) is 2.30. The summed E-state index contributed by atoms with van der Waals surface area (Å²) in [5.41, 5.74) is 0. The van der Waals surface area contributed by atoms with Crippen molar-refractivity contribution in [1.29, 1.82) is 0 Å². The minimum atomic E-state index is 0.460. The van der Waals surface area contributed by atoms with Crippen molar-refractivity contribution in [2.24, 2.45) is 0 Å².